The molecule has 0 aromatic heterocycles. The third kappa shape index (κ3) is 6.61. The Morgan fingerprint density at radius 1 is 1.14 bits per heavy atom. The van der Waals surface area contributed by atoms with Crippen LogP contribution in [0, 0.1) is 34.5 Å². The minimum atomic E-state index is -0.234. The van der Waals surface area contributed by atoms with E-state index in [-0.39, 0.29) is 34.7 Å². The number of ether oxygens (including phenoxy) is 2. The summed E-state index contributed by atoms with van der Waals surface area (Å²) >= 11 is 0. The van der Waals surface area contributed by atoms with Crippen molar-refractivity contribution in [2.75, 3.05) is 13.2 Å². The van der Waals surface area contributed by atoms with E-state index in [9.17, 15) is 9.59 Å². The number of hydrogen-bond donors (Lipinski definition) is 2. The Hall–Kier alpha value is -2.09. The molecule has 3 N–H and O–H groups in total. The van der Waals surface area contributed by atoms with Gasteiger partial charge in [-0.2, -0.15) is 0 Å². The molecule has 0 spiro atoms. The first-order valence-electron chi connectivity index (χ1n) is 13.2. The normalized spacial score (nSPS) is 35.1. The van der Waals surface area contributed by atoms with Gasteiger partial charge < -0.3 is 24.3 Å². The van der Waals surface area contributed by atoms with Crippen molar-refractivity contribution < 1.29 is 29.1 Å². The van der Waals surface area contributed by atoms with Crippen LogP contribution in [0.5, 0.6) is 0 Å². The first-order valence-corrected chi connectivity index (χ1v) is 13.2. The molecule has 36 heavy (non-hydrogen) atoms. The summed E-state index contributed by atoms with van der Waals surface area (Å²) in [4.78, 5) is 34.0. The first-order chi connectivity index (χ1) is 17.3. The van der Waals surface area contributed by atoms with E-state index < -0.39 is 0 Å². The number of fused-ring (bicyclic) bond motifs is 1. The zero-order valence-corrected chi connectivity index (χ0v) is 22.4. The van der Waals surface area contributed by atoms with Crippen LogP contribution in [-0.2, 0) is 19.1 Å². The van der Waals surface area contributed by atoms with Crippen LogP contribution in [0.2, 0.25) is 0 Å². The number of carbonyl (C=O) groups is 3. The topological polar surface area (TPSA) is 116 Å². The molecule has 0 bridgehead atoms. The molecule has 202 valence electrons. The molecule has 3 fully saturated rings. The fourth-order valence-electron chi connectivity index (χ4n) is 7.05. The van der Waals surface area contributed by atoms with E-state index in [2.05, 4.69) is 26.7 Å². The van der Waals surface area contributed by atoms with Gasteiger partial charge in [-0.3, -0.25) is 0 Å². The van der Waals surface area contributed by atoms with Crippen LogP contribution in [0.15, 0.2) is 30.3 Å². The Morgan fingerprint density at radius 3 is 2.39 bits per heavy atom. The Kier molecular flexibility index (Phi) is 11.7. The number of rotatable bonds is 6. The number of esters is 1. The van der Waals surface area contributed by atoms with Crippen molar-refractivity contribution >= 4 is 18.5 Å². The van der Waals surface area contributed by atoms with Crippen molar-refractivity contribution in [1.82, 2.24) is 0 Å². The quantitative estimate of drug-likeness (QED) is 0.310. The van der Waals surface area contributed by atoms with Gasteiger partial charge in [-0.15, -0.1) is 0 Å². The summed E-state index contributed by atoms with van der Waals surface area (Å²) in [6.45, 7) is 10.2. The molecular weight excluding hydrogens is 458 g/mol. The van der Waals surface area contributed by atoms with E-state index in [0.29, 0.717) is 17.4 Å². The molecule has 2 aliphatic carbocycles. The van der Waals surface area contributed by atoms with Crippen molar-refractivity contribution in [3.05, 3.63) is 35.9 Å². The minimum Gasteiger partial charge on any atom is -0.458 e. The molecule has 2 unspecified atom stereocenters. The van der Waals surface area contributed by atoms with E-state index in [1.54, 1.807) is 0 Å². The van der Waals surface area contributed by atoms with Crippen molar-refractivity contribution in [3.8, 4) is 0 Å². The Morgan fingerprint density at radius 2 is 1.81 bits per heavy atom. The van der Waals surface area contributed by atoms with Gasteiger partial charge in [0.25, 0.3) is 0 Å². The van der Waals surface area contributed by atoms with Crippen LogP contribution in [0.4, 0.5) is 0 Å². The van der Waals surface area contributed by atoms with Gasteiger partial charge in [0.15, 0.2) is 0 Å². The van der Waals surface area contributed by atoms with Crippen LogP contribution in [-0.4, -0.2) is 43.1 Å². The van der Waals surface area contributed by atoms with Gasteiger partial charge >= 0.3 is 5.97 Å². The maximum Gasteiger partial charge on any atom is 0.338 e. The van der Waals surface area contributed by atoms with Crippen LogP contribution in [0.25, 0.3) is 0 Å². The summed E-state index contributed by atoms with van der Waals surface area (Å²) in [5, 5.41) is 6.50. The maximum absolute atomic E-state index is 13.0. The molecular formula is C29H45NO6. The van der Waals surface area contributed by atoms with E-state index in [4.69, 9.17) is 19.5 Å². The van der Waals surface area contributed by atoms with Gasteiger partial charge in [0.2, 0.25) is 0 Å². The van der Waals surface area contributed by atoms with Gasteiger partial charge in [0.05, 0.1) is 5.56 Å². The number of nitrogens with two attached hydrogens (primary N) is 1. The maximum atomic E-state index is 13.0. The van der Waals surface area contributed by atoms with Crippen molar-refractivity contribution in [2.45, 2.75) is 78.7 Å². The van der Waals surface area contributed by atoms with E-state index >= 15 is 0 Å². The summed E-state index contributed by atoms with van der Waals surface area (Å²) in [5.74, 6) is 4.63. The summed E-state index contributed by atoms with van der Waals surface area (Å²) in [5.41, 5.74) is 0.531. The van der Waals surface area contributed by atoms with Crippen molar-refractivity contribution in [2.24, 2.45) is 40.4 Å². The van der Waals surface area contributed by atoms with Gasteiger partial charge in [0.1, 0.15) is 18.7 Å². The molecule has 7 atom stereocenters. The van der Waals surface area contributed by atoms with Gasteiger partial charge in [-0.1, -0.05) is 39.0 Å². The highest BCUT2D eigenvalue weighted by molar-refractivity contribution is 5.89. The minimum absolute atomic E-state index is 0.0242. The molecule has 1 saturated heterocycles. The third-order valence-corrected chi connectivity index (χ3v) is 9.19. The van der Waals surface area contributed by atoms with Gasteiger partial charge in [-0.05, 0) is 86.7 Å². The number of carbonyl (C=O) groups excluding carboxylic acids is 3. The molecule has 1 heterocycles. The number of aldehydes is 2. The second-order valence-electron chi connectivity index (χ2n) is 11.1. The third-order valence-electron chi connectivity index (χ3n) is 9.19. The molecule has 3 aliphatic rings. The number of hydrogen-bond acceptors (Lipinski definition) is 7. The predicted molar refractivity (Wildman–Crippen MR) is 138 cm³/mol. The lowest BCUT2D eigenvalue weighted by Gasteiger charge is -2.61. The summed E-state index contributed by atoms with van der Waals surface area (Å²) in [6.07, 6.45) is 8.93. The molecule has 1 aliphatic heterocycles. The number of benzene rings is 1. The van der Waals surface area contributed by atoms with Crippen molar-refractivity contribution in [3.63, 3.8) is 0 Å². The van der Waals surface area contributed by atoms with Crippen LogP contribution < -0.4 is 5.90 Å². The Labute approximate surface area is 216 Å². The fraction of sp³-hybridized carbons (Fsp3) is 0.690. The molecule has 7 nitrogen and oxygen atoms in total. The fourth-order valence-corrected chi connectivity index (χ4v) is 7.05. The summed E-state index contributed by atoms with van der Waals surface area (Å²) in [7, 11) is 0. The van der Waals surface area contributed by atoms with E-state index in [1.807, 2.05) is 30.3 Å². The lowest BCUT2D eigenvalue weighted by atomic mass is 9.44. The first kappa shape index (κ1) is 30.1. The zero-order valence-electron chi connectivity index (χ0n) is 22.4. The smallest absolute Gasteiger partial charge is 0.338 e. The monoisotopic (exact) mass is 503 g/mol. The van der Waals surface area contributed by atoms with Gasteiger partial charge in [-0.25, -0.2) is 10.7 Å². The molecule has 4 rings (SSSR count). The highest BCUT2D eigenvalue weighted by atomic mass is 16.5. The predicted octanol–water partition coefficient (Wildman–Crippen LogP) is 5.24. The van der Waals surface area contributed by atoms with Crippen LogP contribution in [0.3, 0.4) is 0 Å². The second-order valence-corrected chi connectivity index (χ2v) is 11.1. The second kappa shape index (κ2) is 14.0. The summed E-state index contributed by atoms with van der Waals surface area (Å²) in [6, 6.07) is 9.30. The van der Waals surface area contributed by atoms with Crippen molar-refractivity contribution in [1.29, 1.82) is 0 Å². The average molecular weight is 504 g/mol. The van der Waals surface area contributed by atoms with Crippen LogP contribution >= 0.6 is 0 Å². The molecule has 1 aromatic carbocycles. The SMILES string of the molecule is CC=O.C[C@@H]1CC[C@H](OC(=O)c2ccccc2)C2[C@@]1(C)CC[C@@H](C=O)[C@]2(C)CCC1CCOC1.NO. The lowest BCUT2D eigenvalue weighted by molar-refractivity contribution is -0.170. The Balaban J connectivity index is 0.000000850. The van der Waals surface area contributed by atoms with Gasteiger partial charge in [0, 0.05) is 25.0 Å². The van der Waals surface area contributed by atoms with Crippen LogP contribution in [0.1, 0.15) is 83.0 Å². The highest BCUT2D eigenvalue weighted by Crippen LogP contribution is 2.63. The lowest BCUT2D eigenvalue weighted by Crippen LogP contribution is -2.59. The van der Waals surface area contributed by atoms with E-state index in [0.717, 1.165) is 64.4 Å². The molecule has 0 amide bonds. The largest absolute Gasteiger partial charge is 0.458 e. The zero-order chi connectivity index (χ0) is 26.8. The van der Waals surface area contributed by atoms with E-state index in [1.165, 1.54) is 13.2 Å². The molecule has 7 heteroatoms. The standard InChI is InChI=1S/C27H38O4.C2H4O.H3NO/c1-19-9-10-23(31-25(29)21-7-5-4-6-8-21)24-26(19,2)15-12-22(17-28)27(24,3)14-11-20-13-16-30-18-20;1-2-3;1-2/h4-8,17,19-20,22-24H,9-16,18H2,1-3H3;2H,1H3;2H,1H2/t19-,20?,22+,23+,24?,26+,27+;;/m1../s1. The molecule has 1 aromatic rings. The summed E-state index contributed by atoms with van der Waals surface area (Å²) < 4.78 is 11.9. The molecule has 2 saturated carbocycles. The highest BCUT2D eigenvalue weighted by Gasteiger charge is 2.60. The Bertz CT molecular complexity index is 826. The average Bonchev–Trinajstić information content (AvgIpc) is 3.41. The molecule has 0 radical (unpaired) electrons.